The van der Waals surface area contributed by atoms with Gasteiger partial charge >= 0.3 is 0 Å². The summed E-state index contributed by atoms with van der Waals surface area (Å²) >= 11 is 0. The molecule has 0 N–H and O–H groups in total. The molecule has 0 unspecified atom stereocenters. The Morgan fingerprint density at radius 1 is 1.11 bits per heavy atom. The lowest BCUT2D eigenvalue weighted by Gasteiger charge is -2.31. The van der Waals surface area contributed by atoms with E-state index in [0.29, 0.717) is 36.8 Å². The summed E-state index contributed by atoms with van der Waals surface area (Å²) in [5, 5.41) is 2.17. The van der Waals surface area contributed by atoms with E-state index in [1.807, 2.05) is 42.5 Å². The van der Waals surface area contributed by atoms with E-state index >= 15 is 0 Å². The summed E-state index contributed by atoms with van der Waals surface area (Å²) < 4.78 is 10.6. The lowest BCUT2D eigenvalue weighted by Crippen LogP contribution is -2.42. The van der Waals surface area contributed by atoms with Crippen molar-refractivity contribution in [2.45, 2.75) is 19.4 Å². The molecule has 3 aromatic rings. The number of furan rings is 1. The van der Waals surface area contributed by atoms with Crippen molar-refractivity contribution in [1.29, 1.82) is 0 Å². The molecule has 0 aliphatic carbocycles. The van der Waals surface area contributed by atoms with Crippen LogP contribution in [0.25, 0.3) is 10.8 Å². The normalized spacial score (nSPS) is 17.0. The lowest BCUT2D eigenvalue weighted by molar-refractivity contribution is 0.0605. The number of fused-ring (bicyclic) bond motifs is 1. The number of carbonyl (C=O) groups excluding carboxylic acids is 2. The smallest absolute Gasteiger partial charge is 0.289 e. The SMILES string of the molecule is COCc1ccc(C(=O)N2CCC[C@H](C(=O)c3ccc4ccccc4c3)C2)o1. The second-order valence-electron chi connectivity index (χ2n) is 7.22. The molecular weight excluding hydrogens is 354 g/mol. The Labute approximate surface area is 163 Å². The van der Waals surface area contributed by atoms with Crippen molar-refractivity contribution < 1.29 is 18.7 Å². The minimum absolute atomic E-state index is 0.0998. The molecule has 1 amide bonds. The first-order valence-electron chi connectivity index (χ1n) is 9.55. The van der Waals surface area contributed by atoms with Crippen molar-refractivity contribution in [1.82, 2.24) is 4.90 Å². The molecule has 28 heavy (non-hydrogen) atoms. The molecule has 1 aromatic heterocycles. The van der Waals surface area contributed by atoms with Crippen molar-refractivity contribution in [3.05, 3.63) is 71.7 Å². The van der Waals surface area contributed by atoms with Crippen LogP contribution in [0.3, 0.4) is 0 Å². The molecule has 1 fully saturated rings. The zero-order valence-electron chi connectivity index (χ0n) is 15.9. The number of ether oxygens (including phenoxy) is 1. The summed E-state index contributed by atoms with van der Waals surface area (Å²) in [5.41, 5.74) is 0.707. The molecule has 5 heteroatoms. The van der Waals surface area contributed by atoms with E-state index in [2.05, 4.69) is 0 Å². The molecular formula is C23H23NO4. The van der Waals surface area contributed by atoms with Crippen LogP contribution in [-0.2, 0) is 11.3 Å². The maximum absolute atomic E-state index is 13.1. The van der Waals surface area contributed by atoms with Gasteiger partial charge in [-0.25, -0.2) is 0 Å². The monoisotopic (exact) mass is 377 g/mol. The fourth-order valence-corrected chi connectivity index (χ4v) is 3.82. The van der Waals surface area contributed by atoms with Crippen LogP contribution in [0.1, 0.15) is 39.5 Å². The lowest BCUT2D eigenvalue weighted by atomic mass is 9.89. The Balaban J connectivity index is 1.49. The number of piperidine rings is 1. The highest BCUT2D eigenvalue weighted by Gasteiger charge is 2.30. The van der Waals surface area contributed by atoms with E-state index in [9.17, 15) is 9.59 Å². The summed E-state index contributed by atoms with van der Waals surface area (Å²) in [5.74, 6) is 0.658. The Bertz CT molecular complexity index is 1010. The molecule has 144 valence electrons. The van der Waals surface area contributed by atoms with Gasteiger partial charge in [0.1, 0.15) is 12.4 Å². The fourth-order valence-electron chi connectivity index (χ4n) is 3.82. The molecule has 0 radical (unpaired) electrons. The molecule has 1 atom stereocenters. The highest BCUT2D eigenvalue weighted by Crippen LogP contribution is 2.25. The van der Waals surface area contributed by atoms with Crippen LogP contribution in [0.15, 0.2) is 59.0 Å². The summed E-state index contributed by atoms with van der Waals surface area (Å²) in [6.45, 7) is 1.39. The van der Waals surface area contributed by atoms with Gasteiger partial charge in [-0.1, -0.05) is 36.4 Å². The van der Waals surface area contributed by atoms with Gasteiger partial charge in [0.2, 0.25) is 0 Å². The second-order valence-corrected chi connectivity index (χ2v) is 7.22. The van der Waals surface area contributed by atoms with Crippen LogP contribution in [-0.4, -0.2) is 36.8 Å². The molecule has 0 bridgehead atoms. The molecule has 1 aliphatic heterocycles. The summed E-state index contributed by atoms with van der Waals surface area (Å²) in [4.78, 5) is 27.6. The number of ketones is 1. The Morgan fingerprint density at radius 3 is 2.75 bits per heavy atom. The topological polar surface area (TPSA) is 59.8 Å². The number of nitrogens with zero attached hydrogens (tertiary/aromatic N) is 1. The van der Waals surface area contributed by atoms with Crippen LogP contribution in [0, 0.1) is 5.92 Å². The summed E-state index contributed by atoms with van der Waals surface area (Å²) in [6.07, 6.45) is 1.60. The number of rotatable bonds is 5. The number of hydrogen-bond acceptors (Lipinski definition) is 4. The predicted octanol–water partition coefficient (Wildman–Crippen LogP) is 4.31. The third-order valence-corrected chi connectivity index (χ3v) is 5.27. The number of benzene rings is 2. The van der Waals surface area contributed by atoms with Crippen LogP contribution in [0.4, 0.5) is 0 Å². The molecule has 2 aromatic carbocycles. The van der Waals surface area contributed by atoms with E-state index in [0.717, 1.165) is 23.6 Å². The molecule has 0 saturated carbocycles. The fraction of sp³-hybridized carbons (Fsp3) is 0.304. The Kier molecular flexibility index (Phi) is 5.26. The Morgan fingerprint density at radius 2 is 1.93 bits per heavy atom. The Hall–Kier alpha value is -2.92. The first kappa shape index (κ1) is 18.4. The van der Waals surface area contributed by atoms with Gasteiger partial charge in [0.15, 0.2) is 11.5 Å². The first-order chi connectivity index (χ1) is 13.7. The maximum Gasteiger partial charge on any atom is 0.289 e. The van der Waals surface area contributed by atoms with E-state index in [4.69, 9.17) is 9.15 Å². The van der Waals surface area contributed by atoms with Gasteiger partial charge in [-0.05, 0) is 41.8 Å². The molecule has 0 spiro atoms. The van der Waals surface area contributed by atoms with Gasteiger partial charge in [0.05, 0.1) is 0 Å². The average molecular weight is 377 g/mol. The summed E-state index contributed by atoms with van der Waals surface area (Å²) in [6, 6.07) is 17.2. The van der Waals surface area contributed by atoms with Gasteiger partial charge in [-0.2, -0.15) is 0 Å². The van der Waals surface area contributed by atoms with Crippen LogP contribution < -0.4 is 0 Å². The van der Waals surface area contributed by atoms with E-state index in [1.54, 1.807) is 24.1 Å². The quantitative estimate of drug-likeness (QED) is 0.622. The van der Waals surface area contributed by atoms with E-state index in [1.165, 1.54) is 0 Å². The van der Waals surface area contributed by atoms with Crippen molar-refractivity contribution in [3.63, 3.8) is 0 Å². The number of hydrogen-bond donors (Lipinski definition) is 0. The number of amides is 1. The third kappa shape index (κ3) is 3.71. The van der Waals surface area contributed by atoms with Crippen molar-refractivity contribution in [3.8, 4) is 0 Å². The second kappa shape index (κ2) is 7.98. The highest BCUT2D eigenvalue weighted by molar-refractivity contribution is 6.02. The minimum atomic E-state index is -0.188. The zero-order valence-corrected chi connectivity index (χ0v) is 15.9. The molecule has 4 rings (SSSR count). The van der Waals surface area contributed by atoms with Crippen molar-refractivity contribution in [2.75, 3.05) is 20.2 Å². The van der Waals surface area contributed by atoms with Crippen LogP contribution in [0.2, 0.25) is 0 Å². The largest absolute Gasteiger partial charge is 0.453 e. The van der Waals surface area contributed by atoms with Gasteiger partial charge in [-0.15, -0.1) is 0 Å². The molecule has 5 nitrogen and oxygen atoms in total. The van der Waals surface area contributed by atoms with Gasteiger partial charge in [0.25, 0.3) is 5.91 Å². The van der Waals surface area contributed by atoms with Gasteiger partial charge < -0.3 is 14.1 Å². The highest BCUT2D eigenvalue weighted by atomic mass is 16.5. The van der Waals surface area contributed by atoms with E-state index < -0.39 is 0 Å². The third-order valence-electron chi connectivity index (χ3n) is 5.27. The zero-order chi connectivity index (χ0) is 19.5. The summed E-state index contributed by atoms with van der Waals surface area (Å²) in [7, 11) is 1.58. The molecule has 2 heterocycles. The maximum atomic E-state index is 13.1. The van der Waals surface area contributed by atoms with Crippen molar-refractivity contribution >= 4 is 22.5 Å². The minimum Gasteiger partial charge on any atom is -0.453 e. The van der Waals surface area contributed by atoms with E-state index in [-0.39, 0.29) is 17.6 Å². The van der Waals surface area contributed by atoms with Crippen LogP contribution in [0.5, 0.6) is 0 Å². The number of carbonyl (C=O) groups is 2. The predicted molar refractivity (Wildman–Crippen MR) is 106 cm³/mol. The number of Topliss-reactive ketones (excluding diaryl/α,β-unsaturated/α-hetero) is 1. The molecule has 1 saturated heterocycles. The number of likely N-dealkylation sites (tertiary alicyclic amines) is 1. The van der Waals surface area contributed by atoms with Crippen LogP contribution >= 0.6 is 0 Å². The number of methoxy groups -OCH3 is 1. The average Bonchev–Trinajstić information content (AvgIpc) is 3.21. The van der Waals surface area contributed by atoms with Crippen molar-refractivity contribution in [2.24, 2.45) is 5.92 Å². The molecule has 1 aliphatic rings. The van der Waals surface area contributed by atoms with Gasteiger partial charge in [-0.3, -0.25) is 9.59 Å². The standard InChI is InChI=1S/C23H23NO4/c1-27-15-20-10-11-21(28-20)23(26)24-12-4-7-19(14-24)22(25)18-9-8-16-5-2-3-6-17(16)13-18/h2-3,5-6,8-11,13,19H,4,7,12,14-15H2,1H3/t19-/m0/s1. The first-order valence-corrected chi connectivity index (χ1v) is 9.55. The van der Waals surface area contributed by atoms with Gasteiger partial charge in [0, 0.05) is 31.7 Å².